The van der Waals surface area contributed by atoms with Crippen LogP contribution in [-0.4, -0.2) is 47.4 Å². The summed E-state index contributed by atoms with van der Waals surface area (Å²) in [5.74, 6) is 0.817. The molecule has 5 nitrogen and oxygen atoms in total. The van der Waals surface area contributed by atoms with Crippen LogP contribution in [0.5, 0.6) is 0 Å². The highest BCUT2D eigenvalue weighted by atomic mass is 16.2. The van der Waals surface area contributed by atoms with Crippen LogP contribution in [0.4, 0.5) is 10.5 Å². The van der Waals surface area contributed by atoms with E-state index in [-0.39, 0.29) is 18.0 Å². The van der Waals surface area contributed by atoms with Crippen molar-refractivity contribution in [2.45, 2.75) is 38.6 Å². The van der Waals surface area contributed by atoms with Gasteiger partial charge in [0.25, 0.3) is 0 Å². The standard InChI is InChI=1S/C18H25N3O2/c1-14-9-12-20(13-10-14)17(22)16-8-5-11-21(16)18(23)19-15-6-3-2-4-7-15/h2-4,6-7,14,16H,5,8-13H2,1H3,(H,19,23)/t16-/m0/s1. The van der Waals surface area contributed by atoms with Crippen molar-refractivity contribution >= 4 is 17.6 Å². The largest absolute Gasteiger partial charge is 0.341 e. The highest BCUT2D eigenvalue weighted by Gasteiger charge is 2.37. The maximum atomic E-state index is 12.8. The molecule has 1 atom stereocenters. The van der Waals surface area contributed by atoms with Crippen molar-refractivity contribution in [2.24, 2.45) is 5.92 Å². The van der Waals surface area contributed by atoms with Crippen molar-refractivity contribution in [3.63, 3.8) is 0 Å². The quantitative estimate of drug-likeness (QED) is 0.912. The molecular formula is C18H25N3O2. The van der Waals surface area contributed by atoms with Gasteiger partial charge in [0.1, 0.15) is 6.04 Å². The fourth-order valence-electron chi connectivity index (χ4n) is 3.42. The van der Waals surface area contributed by atoms with E-state index in [4.69, 9.17) is 0 Å². The molecular weight excluding hydrogens is 290 g/mol. The zero-order valence-electron chi connectivity index (χ0n) is 13.7. The summed E-state index contributed by atoms with van der Waals surface area (Å²) in [4.78, 5) is 28.9. The van der Waals surface area contributed by atoms with Crippen LogP contribution in [0.15, 0.2) is 30.3 Å². The number of hydrogen-bond donors (Lipinski definition) is 1. The SMILES string of the molecule is CC1CCN(C(=O)[C@@H]2CCCN2C(=O)Nc2ccccc2)CC1. The van der Waals surface area contributed by atoms with Crippen LogP contribution < -0.4 is 5.32 Å². The summed E-state index contributed by atoms with van der Waals surface area (Å²) in [7, 11) is 0. The van der Waals surface area contributed by atoms with E-state index in [9.17, 15) is 9.59 Å². The summed E-state index contributed by atoms with van der Waals surface area (Å²) in [6, 6.07) is 8.93. The van der Waals surface area contributed by atoms with Gasteiger partial charge in [-0.25, -0.2) is 4.79 Å². The number of benzene rings is 1. The summed E-state index contributed by atoms with van der Waals surface area (Å²) in [5, 5.41) is 2.89. The van der Waals surface area contributed by atoms with E-state index < -0.39 is 0 Å². The molecule has 2 fully saturated rings. The molecule has 2 aliphatic heterocycles. The second kappa shape index (κ2) is 7.02. The third kappa shape index (κ3) is 3.66. The van der Waals surface area contributed by atoms with Gasteiger partial charge >= 0.3 is 6.03 Å². The number of amides is 3. The van der Waals surface area contributed by atoms with Crippen molar-refractivity contribution < 1.29 is 9.59 Å². The lowest BCUT2D eigenvalue weighted by molar-refractivity contribution is -0.136. The molecule has 0 spiro atoms. The number of piperidine rings is 1. The van der Waals surface area contributed by atoms with E-state index in [0.717, 1.165) is 44.5 Å². The Morgan fingerprint density at radius 2 is 1.74 bits per heavy atom. The molecule has 2 heterocycles. The van der Waals surface area contributed by atoms with Crippen LogP contribution in [0.1, 0.15) is 32.6 Å². The summed E-state index contributed by atoms with van der Waals surface area (Å²) in [6.45, 7) is 4.53. The minimum absolute atomic E-state index is 0.123. The minimum atomic E-state index is -0.299. The predicted molar refractivity (Wildman–Crippen MR) is 90.2 cm³/mol. The fourth-order valence-corrected chi connectivity index (χ4v) is 3.42. The lowest BCUT2D eigenvalue weighted by atomic mass is 9.98. The van der Waals surface area contributed by atoms with Crippen LogP contribution >= 0.6 is 0 Å². The van der Waals surface area contributed by atoms with Gasteiger partial charge in [-0.2, -0.15) is 0 Å². The second-order valence-corrected chi connectivity index (χ2v) is 6.66. The van der Waals surface area contributed by atoms with E-state index >= 15 is 0 Å². The predicted octanol–water partition coefficient (Wildman–Crippen LogP) is 2.94. The average Bonchev–Trinajstić information content (AvgIpc) is 3.05. The number of likely N-dealkylation sites (tertiary alicyclic amines) is 2. The molecule has 5 heteroatoms. The summed E-state index contributed by atoms with van der Waals surface area (Å²) in [6.07, 6.45) is 3.79. The Kier molecular flexibility index (Phi) is 4.84. The molecule has 1 N–H and O–H groups in total. The van der Waals surface area contributed by atoms with Crippen LogP contribution in [0, 0.1) is 5.92 Å². The van der Waals surface area contributed by atoms with E-state index in [2.05, 4.69) is 12.2 Å². The first-order valence-corrected chi connectivity index (χ1v) is 8.56. The molecule has 0 aliphatic carbocycles. The van der Waals surface area contributed by atoms with E-state index in [1.54, 1.807) is 4.90 Å². The summed E-state index contributed by atoms with van der Waals surface area (Å²) < 4.78 is 0. The maximum Gasteiger partial charge on any atom is 0.322 e. The Labute approximate surface area is 137 Å². The van der Waals surface area contributed by atoms with Gasteiger partial charge < -0.3 is 15.1 Å². The van der Waals surface area contributed by atoms with Gasteiger partial charge in [0.15, 0.2) is 0 Å². The van der Waals surface area contributed by atoms with Crippen molar-refractivity contribution in [2.75, 3.05) is 25.0 Å². The van der Waals surface area contributed by atoms with Crippen LogP contribution in [0.2, 0.25) is 0 Å². The average molecular weight is 315 g/mol. The number of nitrogens with zero attached hydrogens (tertiary/aromatic N) is 2. The molecule has 2 aliphatic rings. The van der Waals surface area contributed by atoms with Gasteiger partial charge in [-0.05, 0) is 43.7 Å². The number of nitrogens with one attached hydrogen (secondary N) is 1. The van der Waals surface area contributed by atoms with Crippen molar-refractivity contribution in [1.29, 1.82) is 0 Å². The number of urea groups is 1. The van der Waals surface area contributed by atoms with Gasteiger partial charge in [-0.15, -0.1) is 0 Å². The topological polar surface area (TPSA) is 52.7 Å². The normalized spacial score (nSPS) is 22.2. The minimum Gasteiger partial charge on any atom is -0.341 e. The third-order valence-electron chi connectivity index (χ3n) is 4.92. The number of carbonyl (C=O) groups excluding carboxylic acids is 2. The lowest BCUT2D eigenvalue weighted by Crippen LogP contribution is -2.50. The zero-order chi connectivity index (χ0) is 16.2. The van der Waals surface area contributed by atoms with Gasteiger partial charge in [0, 0.05) is 25.3 Å². The van der Waals surface area contributed by atoms with E-state index in [1.807, 2.05) is 35.2 Å². The van der Waals surface area contributed by atoms with Crippen molar-refractivity contribution in [3.8, 4) is 0 Å². The summed E-state index contributed by atoms with van der Waals surface area (Å²) >= 11 is 0. The lowest BCUT2D eigenvalue weighted by Gasteiger charge is -2.34. The highest BCUT2D eigenvalue weighted by Crippen LogP contribution is 2.24. The van der Waals surface area contributed by atoms with Crippen LogP contribution in [0.25, 0.3) is 0 Å². The highest BCUT2D eigenvalue weighted by molar-refractivity contribution is 5.94. The van der Waals surface area contributed by atoms with Gasteiger partial charge in [0.05, 0.1) is 0 Å². The van der Waals surface area contributed by atoms with Gasteiger partial charge in [-0.1, -0.05) is 25.1 Å². The molecule has 1 aromatic rings. The van der Waals surface area contributed by atoms with Crippen molar-refractivity contribution in [1.82, 2.24) is 9.80 Å². The molecule has 0 unspecified atom stereocenters. The third-order valence-corrected chi connectivity index (χ3v) is 4.92. The summed E-state index contributed by atoms with van der Waals surface area (Å²) in [5.41, 5.74) is 0.766. The van der Waals surface area contributed by atoms with E-state index in [1.165, 1.54) is 0 Å². The molecule has 1 aromatic carbocycles. The molecule has 3 rings (SSSR count). The Morgan fingerprint density at radius 3 is 2.43 bits per heavy atom. The number of rotatable bonds is 2. The number of hydrogen-bond acceptors (Lipinski definition) is 2. The Balaban J connectivity index is 1.63. The van der Waals surface area contributed by atoms with Gasteiger partial charge in [-0.3, -0.25) is 4.79 Å². The number of para-hydroxylation sites is 1. The monoisotopic (exact) mass is 315 g/mol. The van der Waals surface area contributed by atoms with Crippen molar-refractivity contribution in [3.05, 3.63) is 30.3 Å². The second-order valence-electron chi connectivity index (χ2n) is 6.66. The molecule has 3 amide bonds. The number of carbonyl (C=O) groups is 2. The molecule has 0 aromatic heterocycles. The Hall–Kier alpha value is -2.04. The zero-order valence-corrected chi connectivity index (χ0v) is 13.7. The van der Waals surface area contributed by atoms with Gasteiger partial charge in [0.2, 0.25) is 5.91 Å². The molecule has 0 radical (unpaired) electrons. The fraction of sp³-hybridized carbons (Fsp3) is 0.556. The molecule has 0 bridgehead atoms. The molecule has 0 saturated carbocycles. The Morgan fingerprint density at radius 1 is 1.04 bits per heavy atom. The number of anilines is 1. The Bertz CT molecular complexity index is 553. The molecule has 2 saturated heterocycles. The first-order chi connectivity index (χ1) is 11.1. The maximum absolute atomic E-state index is 12.8. The smallest absolute Gasteiger partial charge is 0.322 e. The van der Waals surface area contributed by atoms with Crippen LogP contribution in [-0.2, 0) is 4.79 Å². The molecule has 23 heavy (non-hydrogen) atoms. The first kappa shape index (κ1) is 15.8. The van der Waals surface area contributed by atoms with E-state index in [0.29, 0.717) is 12.5 Å². The first-order valence-electron chi connectivity index (χ1n) is 8.56. The van der Waals surface area contributed by atoms with Crippen LogP contribution in [0.3, 0.4) is 0 Å². The molecule has 124 valence electrons.